The molecule has 0 aliphatic rings. The molecule has 0 radical (unpaired) electrons. The Morgan fingerprint density at radius 2 is 0.773 bits per heavy atom. The van der Waals surface area contributed by atoms with Gasteiger partial charge in [-0.05, 0) is 151 Å². The van der Waals surface area contributed by atoms with E-state index in [-0.39, 0.29) is 0 Å². The minimum absolute atomic E-state index is 0.887. The van der Waals surface area contributed by atoms with Crippen LogP contribution in [0.25, 0.3) is 126 Å². The van der Waals surface area contributed by atoms with E-state index >= 15 is 0 Å². The van der Waals surface area contributed by atoms with Gasteiger partial charge in [-0.15, -0.1) is 0 Å². The van der Waals surface area contributed by atoms with E-state index in [9.17, 15) is 0 Å². The van der Waals surface area contributed by atoms with E-state index in [0.29, 0.717) is 0 Å². The van der Waals surface area contributed by atoms with Gasteiger partial charge in [0.05, 0.1) is 16.7 Å². The van der Waals surface area contributed by atoms with Crippen LogP contribution in [-0.4, -0.2) is 4.57 Å². The molecule has 2 heterocycles. The molecule has 75 heavy (non-hydrogen) atoms. The molecular weight excluding hydrogens is 909 g/mol. The molecule has 0 saturated heterocycles. The zero-order valence-electron chi connectivity index (χ0n) is 40.9. The van der Waals surface area contributed by atoms with E-state index in [1.54, 1.807) is 0 Å². The largest absolute Gasteiger partial charge is 0.455 e. The summed E-state index contributed by atoms with van der Waals surface area (Å²) in [6, 6.07) is 102. The Kier molecular flexibility index (Phi) is 9.89. The molecule has 0 saturated carbocycles. The highest BCUT2D eigenvalue weighted by atomic mass is 16.3. The monoisotopic (exact) mass is 954 g/mol. The Morgan fingerprint density at radius 3 is 1.49 bits per heavy atom. The number of rotatable bonds is 8. The van der Waals surface area contributed by atoms with Crippen LogP contribution < -0.4 is 4.90 Å². The van der Waals surface area contributed by atoms with Gasteiger partial charge >= 0.3 is 0 Å². The van der Waals surface area contributed by atoms with E-state index in [1.165, 1.54) is 54.3 Å². The summed E-state index contributed by atoms with van der Waals surface area (Å²) in [6.07, 6.45) is 0. The maximum Gasteiger partial charge on any atom is 0.143 e. The summed E-state index contributed by atoms with van der Waals surface area (Å²) in [5.74, 6) is 0. The van der Waals surface area contributed by atoms with Gasteiger partial charge in [-0.1, -0.05) is 194 Å². The first-order chi connectivity index (χ1) is 37.2. The summed E-state index contributed by atoms with van der Waals surface area (Å²) in [5, 5.41) is 12.1. The number of para-hydroxylation sites is 2. The highest BCUT2D eigenvalue weighted by Crippen LogP contribution is 2.45. The number of hydrogen-bond acceptors (Lipinski definition) is 2. The van der Waals surface area contributed by atoms with Crippen molar-refractivity contribution in [3.8, 4) is 50.2 Å². The standard InChI is InChI=1S/C72H46N2O/c1-2-13-49(14-3-1)67-45-55(54-28-27-52-26-25-50-15-4-6-19-60(50)66(52)44-54)35-42-70(67)73(58-38-31-48(32-39-58)56-34-40-64-65-41-33-51-16-5-7-20-61(51)72(65)75-71(64)46-56)57-36-29-47(30-37-57)53-17-12-18-59(43-53)74-68-23-10-8-21-62(68)63-22-9-11-24-69(63)74/h1-46H. The van der Waals surface area contributed by atoms with Crippen molar-refractivity contribution >= 4 is 93.1 Å². The van der Waals surface area contributed by atoms with Crippen molar-refractivity contribution in [2.24, 2.45) is 0 Å². The summed E-state index contributed by atoms with van der Waals surface area (Å²) < 4.78 is 9.02. The molecule has 15 aromatic rings. The molecule has 0 fully saturated rings. The summed E-state index contributed by atoms with van der Waals surface area (Å²) in [7, 11) is 0. The number of hydrogen-bond donors (Lipinski definition) is 0. The fraction of sp³-hybridized carbons (Fsp3) is 0. The molecule has 0 aliphatic heterocycles. The number of fused-ring (bicyclic) bond motifs is 11. The van der Waals surface area contributed by atoms with Crippen LogP contribution in [0.15, 0.2) is 283 Å². The average molecular weight is 955 g/mol. The maximum atomic E-state index is 6.63. The third-order valence-corrected chi connectivity index (χ3v) is 15.4. The van der Waals surface area contributed by atoms with E-state index in [2.05, 4.69) is 289 Å². The molecule has 3 nitrogen and oxygen atoms in total. The van der Waals surface area contributed by atoms with Gasteiger partial charge in [-0.2, -0.15) is 0 Å². The van der Waals surface area contributed by atoms with E-state index in [1.807, 2.05) is 0 Å². The van der Waals surface area contributed by atoms with Gasteiger partial charge in [0.15, 0.2) is 0 Å². The lowest BCUT2D eigenvalue weighted by Gasteiger charge is -2.29. The second-order valence-corrected chi connectivity index (χ2v) is 19.6. The van der Waals surface area contributed by atoms with Crippen LogP contribution in [-0.2, 0) is 0 Å². The second kappa shape index (κ2) is 17.4. The van der Waals surface area contributed by atoms with Crippen molar-refractivity contribution in [1.82, 2.24) is 4.57 Å². The van der Waals surface area contributed by atoms with Crippen molar-refractivity contribution in [2.75, 3.05) is 4.90 Å². The van der Waals surface area contributed by atoms with Crippen LogP contribution in [0.2, 0.25) is 0 Å². The average Bonchev–Trinajstić information content (AvgIpc) is 4.04. The second-order valence-electron chi connectivity index (χ2n) is 19.6. The van der Waals surface area contributed by atoms with Gasteiger partial charge in [0.25, 0.3) is 0 Å². The Morgan fingerprint density at radius 1 is 0.280 bits per heavy atom. The Balaban J connectivity index is 0.857. The van der Waals surface area contributed by atoms with Gasteiger partial charge in [0, 0.05) is 49.6 Å². The Hall–Kier alpha value is -9.96. The lowest BCUT2D eigenvalue weighted by Crippen LogP contribution is -2.11. The normalized spacial score (nSPS) is 11.7. The van der Waals surface area contributed by atoms with Crippen molar-refractivity contribution in [1.29, 1.82) is 0 Å². The lowest BCUT2D eigenvalue weighted by molar-refractivity contribution is 0.673. The van der Waals surface area contributed by atoms with Crippen LogP contribution >= 0.6 is 0 Å². The third-order valence-electron chi connectivity index (χ3n) is 15.4. The quantitative estimate of drug-likeness (QED) is 0.142. The Bertz CT molecular complexity index is 4640. The fourth-order valence-corrected chi connectivity index (χ4v) is 11.7. The molecule has 0 bridgehead atoms. The minimum atomic E-state index is 0.887. The molecule has 0 atom stereocenters. The predicted octanol–water partition coefficient (Wildman–Crippen LogP) is 20.3. The van der Waals surface area contributed by atoms with Crippen molar-refractivity contribution in [3.63, 3.8) is 0 Å². The van der Waals surface area contributed by atoms with Crippen molar-refractivity contribution in [2.45, 2.75) is 0 Å². The van der Waals surface area contributed by atoms with Gasteiger partial charge in [0.1, 0.15) is 11.2 Å². The molecule has 3 heteroatoms. The number of aromatic nitrogens is 1. The zero-order valence-corrected chi connectivity index (χ0v) is 40.9. The van der Waals surface area contributed by atoms with Gasteiger partial charge < -0.3 is 13.9 Å². The highest BCUT2D eigenvalue weighted by Gasteiger charge is 2.21. The lowest BCUT2D eigenvalue weighted by atomic mass is 9.93. The smallest absolute Gasteiger partial charge is 0.143 e. The molecule has 13 aromatic carbocycles. The van der Waals surface area contributed by atoms with Crippen LogP contribution in [0.1, 0.15) is 0 Å². The molecular formula is C72H46N2O. The SMILES string of the molecule is c1ccc(-c2cc(-c3ccc4ccc5ccccc5c4c3)ccc2N(c2ccc(-c3cccc(-n4c5ccccc5c5ccccc54)c3)cc2)c2ccc(-c3ccc4c(c3)oc3c5ccccc5ccc43)cc2)cc1. The number of benzene rings is 13. The summed E-state index contributed by atoms with van der Waals surface area (Å²) in [6.45, 7) is 0. The maximum absolute atomic E-state index is 6.63. The van der Waals surface area contributed by atoms with Crippen LogP contribution in [0.4, 0.5) is 17.1 Å². The van der Waals surface area contributed by atoms with Crippen LogP contribution in [0.3, 0.4) is 0 Å². The van der Waals surface area contributed by atoms with Gasteiger partial charge in [-0.3, -0.25) is 0 Å². The fourth-order valence-electron chi connectivity index (χ4n) is 11.7. The number of nitrogens with zero attached hydrogens (tertiary/aromatic N) is 2. The minimum Gasteiger partial charge on any atom is -0.455 e. The van der Waals surface area contributed by atoms with Gasteiger partial charge in [0.2, 0.25) is 0 Å². The third kappa shape index (κ3) is 7.20. The van der Waals surface area contributed by atoms with E-state index in [4.69, 9.17) is 4.42 Å². The highest BCUT2D eigenvalue weighted by molar-refractivity contribution is 6.16. The topological polar surface area (TPSA) is 21.3 Å². The first kappa shape index (κ1) is 42.7. The molecule has 0 amide bonds. The first-order valence-electron chi connectivity index (χ1n) is 25.7. The number of furan rings is 1. The van der Waals surface area contributed by atoms with E-state index in [0.717, 1.165) is 89.0 Å². The first-order valence-corrected chi connectivity index (χ1v) is 25.7. The van der Waals surface area contributed by atoms with Crippen LogP contribution in [0.5, 0.6) is 0 Å². The van der Waals surface area contributed by atoms with Crippen molar-refractivity contribution in [3.05, 3.63) is 279 Å². The van der Waals surface area contributed by atoms with Gasteiger partial charge in [-0.25, -0.2) is 0 Å². The van der Waals surface area contributed by atoms with Crippen LogP contribution in [0, 0.1) is 0 Å². The molecule has 2 aromatic heterocycles. The summed E-state index contributed by atoms with van der Waals surface area (Å²) in [4.78, 5) is 2.41. The Labute approximate surface area is 434 Å². The predicted molar refractivity (Wildman–Crippen MR) is 317 cm³/mol. The summed E-state index contributed by atoms with van der Waals surface area (Å²) >= 11 is 0. The number of anilines is 3. The molecule has 0 N–H and O–H groups in total. The molecule has 0 spiro atoms. The molecule has 0 aliphatic carbocycles. The summed E-state index contributed by atoms with van der Waals surface area (Å²) in [5.41, 5.74) is 17.7. The zero-order chi connectivity index (χ0) is 49.4. The van der Waals surface area contributed by atoms with Crippen molar-refractivity contribution < 1.29 is 4.42 Å². The molecule has 0 unspecified atom stereocenters. The molecule has 15 rings (SSSR count). The van der Waals surface area contributed by atoms with E-state index < -0.39 is 0 Å². The molecule has 350 valence electrons.